The highest BCUT2D eigenvalue weighted by molar-refractivity contribution is 9.10. The molecule has 4 nitrogen and oxygen atoms in total. The Bertz CT molecular complexity index is 346. The maximum absolute atomic E-state index is 5.86. The van der Waals surface area contributed by atoms with Crippen molar-refractivity contribution in [2.45, 2.75) is 19.9 Å². The van der Waals surface area contributed by atoms with E-state index in [-0.39, 0.29) is 0 Å². The lowest BCUT2D eigenvalue weighted by Gasteiger charge is -2.21. The summed E-state index contributed by atoms with van der Waals surface area (Å²) >= 11 is 9.20. The summed E-state index contributed by atoms with van der Waals surface area (Å²) < 4.78 is 0.712. The molecule has 0 radical (unpaired) electrons. The largest absolute Gasteiger partial charge is 0.368 e. The predicted octanol–water partition coefficient (Wildman–Crippen LogP) is 2.64. The number of aromatic nitrogens is 2. The number of anilines is 1. The van der Waals surface area contributed by atoms with Gasteiger partial charge in [-0.05, 0) is 36.8 Å². The predicted molar refractivity (Wildman–Crippen MR) is 71.0 cm³/mol. The monoisotopic (exact) mass is 306 g/mol. The standard InChI is InChI=1S/C10H16BrClN4/c1-7(2)16(3)5-4-13-10-8(11)9(12)14-6-15-10/h6-7H,4-5H2,1-3H3,(H,13,14,15). The molecule has 0 unspecified atom stereocenters. The minimum Gasteiger partial charge on any atom is -0.368 e. The first-order valence-corrected chi connectivity index (χ1v) is 6.29. The van der Waals surface area contributed by atoms with E-state index in [0.29, 0.717) is 15.7 Å². The lowest BCUT2D eigenvalue weighted by molar-refractivity contribution is 0.284. The summed E-state index contributed by atoms with van der Waals surface area (Å²) in [5.41, 5.74) is 0. The van der Waals surface area contributed by atoms with Crippen LogP contribution < -0.4 is 5.32 Å². The molecule has 0 aromatic carbocycles. The van der Waals surface area contributed by atoms with Crippen LogP contribution in [-0.2, 0) is 0 Å². The molecule has 1 N–H and O–H groups in total. The van der Waals surface area contributed by atoms with Gasteiger partial charge in [-0.2, -0.15) is 0 Å². The van der Waals surface area contributed by atoms with E-state index in [2.05, 4.69) is 57.0 Å². The van der Waals surface area contributed by atoms with Crippen LogP contribution in [-0.4, -0.2) is 41.0 Å². The lowest BCUT2D eigenvalue weighted by atomic mass is 10.3. The summed E-state index contributed by atoms with van der Waals surface area (Å²) in [7, 11) is 2.09. The fourth-order valence-electron chi connectivity index (χ4n) is 1.08. The number of rotatable bonds is 5. The summed E-state index contributed by atoms with van der Waals surface area (Å²) in [5, 5.41) is 3.64. The van der Waals surface area contributed by atoms with Crippen LogP contribution in [0.15, 0.2) is 10.8 Å². The first-order valence-electron chi connectivity index (χ1n) is 5.12. The van der Waals surface area contributed by atoms with Crippen molar-refractivity contribution in [3.8, 4) is 0 Å². The van der Waals surface area contributed by atoms with Gasteiger partial charge >= 0.3 is 0 Å². The number of nitrogens with one attached hydrogen (secondary N) is 1. The Balaban J connectivity index is 2.46. The van der Waals surface area contributed by atoms with Crippen LogP contribution in [0.25, 0.3) is 0 Å². The minimum atomic E-state index is 0.426. The highest BCUT2D eigenvalue weighted by Gasteiger charge is 2.07. The van der Waals surface area contributed by atoms with Crippen LogP contribution in [0.3, 0.4) is 0 Å². The van der Waals surface area contributed by atoms with Crippen molar-refractivity contribution in [2.75, 3.05) is 25.5 Å². The Hall–Kier alpha value is -0.390. The molecule has 1 rings (SSSR count). The maximum Gasteiger partial charge on any atom is 0.148 e. The molecule has 1 heterocycles. The average Bonchev–Trinajstić information content (AvgIpc) is 2.24. The van der Waals surface area contributed by atoms with E-state index in [1.807, 2.05) is 0 Å². The summed E-state index contributed by atoms with van der Waals surface area (Å²) in [5.74, 6) is 0.733. The Kier molecular flexibility index (Phi) is 5.44. The molecule has 0 bridgehead atoms. The van der Waals surface area contributed by atoms with E-state index in [0.717, 1.165) is 18.9 Å². The fourth-order valence-corrected chi connectivity index (χ4v) is 1.56. The van der Waals surface area contributed by atoms with Crippen molar-refractivity contribution in [1.82, 2.24) is 14.9 Å². The molecular formula is C10H16BrClN4. The van der Waals surface area contributed by atoms with Crippen LogP contribution in [0.5, 0.6) is 0 Å². The van der Waals surface area contributed by atoms with Crippen LogP contribution in [0, 0.1) is 0 Å². The topological polar surface area (TPSA) is 41.0 Å². The Morgan fingerprint density at radius 1 is 1.50 bits per heavy atom. The SMILES string of the molecule is CC(C)N(C)CCNc1ncnc(Cl)c1Br. The molecular weight excluding hydrogens is 291 g/mol. The molecule has 0 fully saturated rings. The zero-order valence-electron chi connectivity index (χ0n) is 9.67. The van der Waals surface area contributed by atoms with Gasteiger partial charge in [-0.25, -0.2) is 9.97 Å². The van der Waals surface area contributed by atoms with Crippen LogP contribution in [0.1, 0.15) is 13.8 Å². The Labute approximate surface area is 110 Å². The van der Waals surface area contributed by atoms with Gasteiger partial charge in [0.2, 0.25) is 0 Å². The van der Waals surface area contributed by atoms with E-state index < -0.39 is 0 Å². The molecule has 0 aliphatic heterocycles. The second-order valence-corrected chi connectivity index (χ2v) is 4.98. The molecule has 1 aromatic rings. The van der Waals surface area contributed by atoms with Crippen molar-refractivity contribution in [2.24, 2.45) is 0 Å². The molecule has 0 saturated heterocycles. The first-order chi connectivity index (χ1) is 7.52. The van der Waals surface area contributed by atoms with Gasteiger partial charge in [0.15, 0.2) is 0 Å². The van der Waals surface area contributed by atoms with Gasteiger partial charge in [-0.15, -0.1) is 0 Å². The highest BCUT2D eigenvalue weighted by atomic mass is 79.9. The number of nitrogens with zero attached hydrogens (tertiary/aromatic N) is 3. The van der Waals surface area contributed by atoms with Crippen LogP contribution in [0.2, 0.25) is 5.15 Å². The number of likely N-dealkylation sites (N-methyl/N-ethyl adjacent to an activating group) is 1. The molecule has 1 aromatic heterocycles. The Morgan fingerprint density at radius 2 is 2.19 bits per heavy atom. The van der Waals surface area contributed by atoms with Gasteiger partial charge < -0.3 is 10.2 Å². The van der Waals surface area contributed by atoms with Crippen molar-refractivity contribution in [3.63, 3.8) is 0 Å². The van der Waals surface area contributed by atoms with Gasteiger partial charge in [-0.1, -0.05) is 11.6 Å². The van der Waals surface area contributed by atoms with Crippen molar-refractivity contribution in [1.29, 1.82) is 0 Å². The second-order valence-electron chi connectivity index (χ2n) is 3.83. The van der Waals surface area contributed by atoms with E-state index in [1.54, 1.807) is 0 Å². The van der Waals surface area contributed by atoms with E-state index in [4.69, 9.17) is 11.6 Å². The summed E-state index contributed by atoms with van der Waals surface area (Å²) in [6.45, 7) is 6.10. The van der Waals surface area contributed by atoms with E-state index in [9.17, 15) is 0 Å². The van der Waals surface area contributed by atoms with Gasteiger partial charge in [-0.3, -0.25) is 0 Å². The molecule has 0 spiro atoms. The third-order valence-corrected chi connectivity index (χ3v) is 3.65. The van der Waals surface area contributed by atoms with Crippen LogP contribution >= 0.6 is 27.5 Å². The lowest BCUT2D eigenvalue weighted by Crippen LogP contribution is -2.31. The van der Waals surface area contributed by atoms with Gasteiger partial charge in [0.05, 0.1) is 4.47 Å². The molecule has 0 saturated carbocycles. The van der Waals surface area contributed by atoms with Crippen molar-refractivity contribution >= 4 is 33.3 Å². The smallest absolute Gasteiger partial charge is 0.148 e. The van der Waals surface area contributed by atoms with Crippen molar-refractivity contribution < 1.29 is 0 Å². The fraction of sp³-hybridized carbons (Fsp3) is 0.600. The van der Waals surface area contributed by atoms with Gasteiger partial charge in [0, 0.05) is 19.1 Å². The van der Waals surface area contributed by atoms with E-state index in [1.165, 1.54) is 6.33 Å². The second kappa shape index (κ2) is 6.37. The minimum absolute atomic E-state index is 0.426. The zero-order valence-corrected chi connectivity index (χ0v) is 12.0. The van der Waals surface area contributed by atoms with Crippen molar-refractivity contribution in [3.05, 3.63) is 16.0 Å². The molecule has 0 aliphatic rings. The van der Waals surface area contributed by atoms with Gasteiger partial charge in [0.1, 0.15) is 17.3 Å². The molecule has 16 heavy (non-hydrogen) atoms. The number of hydrogen-bond donors (Lipinski definition) is 1. The Morgan fingerprint density at radius 3 is 2.81 bits per heavy atom. The average molecular weight is 308 g/mol. The highest BCUT2D eigenvalue weighted by Crippen LogP contribution is 2.25. The summed E-state index contributed by atoms with van der Waals surface area (Å²) in [6.07, 6.45) is 1.45. The molecule has 6 heteroatoms. The number of halogens is 2. The maximum atomic E-state index is 5.86. The third-order valence-electron chi connectivity index (χ3n) is 2.39. The quantitative estimate of drug-likeness (QED) is 0.849. The third kappa shape index (κ3) is 3.88. The normalized spacial score (nSPS) is 11.2. The number of hydrogen-bond acceptors (Lipinski definition) is 4. The molecule has 0 aliphatic carbocycles. The summed E-state index contributed by atoms with van der Waals surface area (Å²) in [6, 6.07) is 0.541. The zero-order chi connectivity index (χ0) is 12.1. The first kappa shape index (κ1) is 13.7. The van der Waals surface area contributed by atoms with Gasteiger partial charge in [0.25, 0.3) is 0 Å². The molecule has 0 atom stereocenters. The summed E-state index contributed by atoms with van der Waals surface area (Å²) in [4.78, 5) is 10.2. The molecule has 90 valence electrons. The van der Waals surface area contributed by atoms with Crippen LogP contribution in [0.4, 0.5) is 5.82 Å². The van der Waals surface area contributed by atoms with E-state index >= 15 is 0 Å². The molecule has 0 amide bonds.